The molecule has 4 nitrogen and oxygen atoms in total. The fraction of sp³-hybridized carbons (Fsp3) is 0.500. The molecule has 1 fully saturated rings. The summed E-state index contributed by atoms with van der Waals surface area (Å²) >= 11 is 0. The van der Waals surface area contributed by atoms with Crippen LogP contribution in [0.2, 0.25) is 0 Å². The van der Waals surface area contributed by atoms with Crippen LogP contribution in [0, 0.1) is 12.8 Å². The van der Waals surface area contributed by atoms with E-state index in [1.54, 1.807) is 6.20 Å². The van der Waals surface area contributed by atoms with Crippen molar-refractivity contribution in [1.82, 2.24) is 10.3 Å². The second-order valence-electron chi connectivity index (χ2n) is 4.33. The van der Waals surface area contributed by atoms with Gasteiger partial charge in [-0.1, -0.05) is 6.07 Å². The zero-order valence-corrected chi connectivity index (χ0v) is 11.9. The molecule has 2 rings (SSSR count). The molecule has 0 aromatic carbocycles. The number of nitrogens with one attached hydrogen (secondary N) is 2. The minimum Gasteiger partial charge on any atom is -0.316 e. The zero-order valence-electron chi connectivity index (χ0n) is 10.3. The van der Waals surface area contributed by atoms with Crippen LogP contribution in [0.5, 0.6) is 0 Å². The molecule has 1 saturated heterocycles. The van der Waals surface area contributed by atoms with Crippen LogP contribution in [0.25, 0.3) is 0 Å². The molecule has 6 heteroatoms. The highest BCUT2D eigenvalue weighted by Crippen LogP contribution is 2.13. The number of anilines is 1. The van der Waals surface area contributed by atoms with Crippen LogP contribution < -0.4 is 10.6 Å². The molecule has 0 aliphatic carbocycles. The van der Waals surface area contributed by atoms with Crippen molar-refractivity contribution in [3.63, 3.8) is 0 Å². The Kier molecular flexibility index (Phi) is 7.91. The van der Waals surface area contributed by atoms with Crippen LogP contribution in [0.1, 0.15) is 18.4 Å². The van der Waals surface area contributed by atoms with E-state index >= 15 is 0 Å². The van der Waals surface area contributed by atoms with Gasteiger partial charge in [-0.15, -0.1) is 24.8 Å². The first-order valence-corrected chi connectivity index (χ1v) is 5.67. The third-order valence-electron chi connectivity index (χ3n) is 2.82. The van der Waals surface area contributed by atoms with E-state index in [0.717, 1.165) is 25.1 Å². The molecule has 0 radical (unpaired) electrons. The Bertz CT molecular complexity index is 364. The second-order valence-corrected chi connectivity index (χ2v) is 4.33. The van der Waals surface area contributed by atoms with Crippen molar-refractivity contribution in [3.05, 3.63) is 23.9 Å². The first kappa shape index (κ1) is 17.2. The minimum atomic E-state index is 0. The highest BCUT2D eigenvalue weighted by atomic mass is 35.5. The highest BCUT2D eigenvalue weighted by Gasteiger charge is 2.17. The molecule has 18 heavy (non-hydrogen) atoms. The standard InChI is InChI=1S/C12H17N3O.2ClH/c1-9-2-3-11(14-7-9)15-12(16)6-10-4-5-13-8-10;;/h2-3,7,10,13H,4-6,8H2,1H3,(H,14,15,16);2*1H. The van der Waals surface area contributed by atoms with Gasteiger partial charge >= 0.3 is 0 Å². The first-order chi connectivity index (χ1) is 7.74. The first-order valence-electron chi connectivity index (χ1n) is 5.67. The third-order valence-corrected chi connectivity index (χ3v) is 2.82. The largest absolute Gasteiger partial charge is 0.316 e. The van der Waals surface area contributed by atoms with Crippen molar-refractivity contribution in [2.45, 2.75) is 19.8 Å². The number of carbonyl (C=O) groups excluding carboxylic acids is 1. The van der Waals surface area contributed by atoms with Gasteiger partial charge in [-0.05, 0) is 44.0 Å². The van der Waals surface area contributed by atoms with E-state index in [2.05, 4.69) is 15.6 Å². The number of halogens is 2. The lowest BCUT2D eigenvalue weighted by Crippen LogP contribution is -2.18. The van der Waals surface area contributed by atoms with E-state index in [1.807, 2.05) is 19.1 Å². The smallest absolute Gasteiger partial charge is 0.225 e. The predicted octanol–water partition coefficient (Wildman–Crippen LogP) is 2.17. The number of aromatic nitrogens is 1. The summed E-state index contributed by atoms with van der Waals surface area (Å²) in [6.45, 7) is 3.96. The van der Waals surface area contributed by atoms with E-state index in [0.29, 0.717) is 18.2 Å². The number of nitrogens with zero attached hydrogens (tertiary/aromatic N) is 1. The SMILES string of the molecule is Cc1ccc(NC(=O)CC2CCNC2)nc1.Cl.Cl. The van der Waals surface area contributed by atoms with Crippen molar-refractivity contribution in [2.75, 3.05) is 18.4 Å². The Labute approximate surface area is 120 Å². The number of aryl methyl sites for hydroxylation is 1. The Morgan fingerprint density at radius 1 is 1.50 bits per heavy atom. The Hall–Kier alpha value is -0.840. The number of rotatable bonds is 3. The maximum absolute atomic E-state index is 11.7. The van der Waals surface area contributed by atoms with Crippen molar-refractivity contribution < 1.29 is 4.79 Å². The van der Waals surface area contributed by atoms with Crippen LogP contribution in [-0.2, 0) is 4.79 Å². The van der Waals surface area contributed by atoms with Crippen molar-refractivity contribution >= 4 is 36.5 Å². The van der Waals surface area contributed by atoms with E-state index in [9.17, 15) is 4.79 Å². The van der Waals surface area contributed by atoms with Gasteiger partial charge in [-0.25, -0.2) is 4.98 Å². The summed E-state index contributed by atoms with van der Waals surface area (Å²) in [5, 5.41) is 6.07. The van der Waals surface area contributed by atoms with Gasteiger partial charge in [0, 0.05) is 12.6 Å². The Balaban J connectivity index is 0.00000144. The molecule has 2 N–H and O–H groups in total. The predicted molar refractivity (Wildman–Crippen MR) is 77.7 cm³/mol. The lowest BCUT2D eigenvalue weighted by molar-refractivity contribution is -0.117. The summed E-state index contributed by atoms with van der Waals surface area (Å²) in [4.78, 5) is 15.8. The quantitative estimate of drug-likeness (QED) is 0.897. The van der Waals surface area contributed by atoms with Crippen LogP contribution in [0.4, 0.5) is 5.82 Å². The lowest BCUT2D eigenvalue weighted by Gasteiger charge is -2.08. The fourth-order valence-corrected chi connectivity index (χ4v) is 1.89. The number of amides is 1. The average Bonchev–Trinajstić information content (AvgIpc) is 2.74. The van der Waals surface area contributed by atoms with Crippen LogP contribution >= 0.6 is 24.8 Å². The Morgan fingerprint density at radius 2 is 2.28 bits per heavy atom. The van der Waals surface area contributed by atoms with Gasteiger partial charge in [-0.2, -0.15) is 0 Å². The summed E-state index contributed by atoms with van der Waals surface area (Å²) < 4.78 is 0. The number of carbonyl (C=O) groups is 1. The van der Waals surface area contributed by atoms with Gasteiger partial charge in [0.1, 0.15) is 5.82 Å². The van der Waals surface area contributed by atoms with E-state index in [1.165, 1.54) is 0 Å². The lowest BCUT2D eigenvalue weighted by atomic mass is 10.0. The minimum absolute atomic E-state index is 0. The number of hydrogen-bond donors (Lipinski definition) is 2. The van der Waals surface area contributed by atoms with Gasteiger partial charge in [0.2, 0.25) is 5.91 Å². The maximum atomic E-state index is 11.7. The number of hydrogen-bond acceptors (Lipinski definition) is 3. The summed E-state index contributed by atoms with van der Waals surface area (Å²) in [6.07, 6.45) is 3.43. The third kappa shape index (κ3) is 5.21. The summed E-state index contributed by atoms with van der Waals surface area (Å²) in [5.74, 6) is 1.18. The monoisotopic (exact) mass is 291 g/mol. The summed E-state index contributed by atoms with van der Waals surface area (Å²) in [5.41, 5.74) is 1.10. The fourth-order valence-electron chi connectivity index (χ4n) is 1.89. The maximum Gasteiger partial charge on any atom is 0.225 e. The normalized spacial score (nSPS) is 17.5. The molecule has 102 valence electrons. The van der Waals surface area contributed by atoms with Gasteiger partial charge in [0.25, 0.3) is 0 Å². The molecule has 1 aromatic heterocycles. The molecule has 1 amide bonds. The summed E-state index contributed by atoms with van der Waals surface area (Å²) in [7, 11) is 0. The highest BCUT2D eigenvalue weighted by molar-refractivity contribution is 5.89. The van der Waals surface area contributed by atoms with Crippen LogP contribution in [-0.4, -0.2) is 24.0 Å². The molecule has 1 atom stereocenters. The molecule has 1 aliphatic rings. The molecule has 0 bridgehead atoms. The second kappa shape index (κ2) is 8.29. The van der Waals surface area contributed by atoms with Gasteiger partial charge in [0.05, 0.1) is 0 Å². The van der Waals surface area contributed by atoms with E-state index < -0.39 is 0 Å². The molecule has 1 aromatic rings. The van der Waals surface area contributed by atoms with E-state index in [-0.39, 0.29) is 30.7 Å². The van der Waals surface area contributed by atoms with Gasteiger partial charge in [-0.3, -0.25) is 4.79 Å². The molecular weight excluding hydrogens is 273 g/mol. The molecule has 1 aliphatic heterocycles. The zero-order chi connectivity index (χ0) is 11.4. The molecule has 0 spiro atoms. The molecule has 2 heterocycles. The van der Waals surface area contributed by atoms with Crippen LogP contribution in [0.15, 0.2) is 18.3 Å². The molecule has 0 saturated carbocycles. The molecular formula is C12H19Cl2N3O. The van der Waals surface area contributed by atoms with Crippen molar-refractivity contribution in [1.29, 1.82) is 0 Å². The van der Waals surface area contributed by atoms with Crippen molar-refractivity contribution in [2.24, 2.45) is 5.92 Å². The van der Waals surface area contributed by atoms with E-state index in [4.69, 9.17) is 0 Å². The Morgan fingerprint density at radius 3 is 2.83 bits per heavy atom. The van der Waals surface area contributed by atoms with Crippen molar-refractivity contribution in [3.8, 4) is 0 Å². The van der Waals surface area contributed by atoms with Gasteiger partial charge in [0.15, 0.2) is 0 Å². The average molecular weight is 292 g/mol. The number of pyridine rings is 1. The topological polar surface area (TPSA) is 54.0 Å². The summed E-state index contributed by atoms with van der Waals surface area (Å²) in [6, 6.07) is 3.78. The van der Waals surface area contributed by atoms with Crippen LogP contribution in [0.3, 0.4) is 0 Å². The van der Waals surface area contributed by atoms with Gasteiger partial charge < -0.3 is 10.6 Å². The molecule has 1 unspecified atom stereocenters.